The van der Waals surface area contributed by atoms with Gasteiger partial charge in [-0.1, -0.05) is 12.8 Å². The third-order valence-corrected chi connectivity index (χ3v) is 1.87. The average molecular weight is 469 g/mol. The summed E-state index contributed by atoms with van der Waals surface area (Å²) in [6.07, 6.45) is 4.80. The summed E-state index contributed by atoms with van der Waals surface area (Å²) in [6.45, 7) is 0. The summed E-state index contributed by atoms with van der Waals surface area (Å²) in [5, 5.41) is 0. The number of hydrogen-bond donors (Lipinski definition) is 2. The first-order valence-corrected chi connectivity index (χ1v) is 13.5. The zero-order valence-corrected chi connectivity index (χ0v) is 11.7. The molecule has 0 aliphatic heterocycles. The van der Waals surface area contributed by atoms with E-state index in [0.717, 1.165) is 12.8 Å². The molecule has 1 fully saturated rings. The molecule has 0 bridgehead atoms. The molecule has 0 aromatic carbocycles. The Labute approximate surface area is 89.7 Å². The summed E-state index contributed by atoms with van der Waals surface area (Å²) < 4.78 is 0. The SMILES string of the molecule is NC1CCCCC1N.[Br][Pt][Br]. The van der Waals surface area contributed by atoms with Gasteiger partial charge in [-0.2, -0.15) is 0 Å². The van der Waals surface area contributed by atoms with Crippen molar-refractivity contribution in [3.05, 3.63) is 0 Å². The van der Waals surface area contributed by atoms with E-state index in [1.54, 1.807) is 0 Å². The molecule has 72 valence electrons. The van der Waals surface area contributed by atoms with Crippen molar-refractivity contribution in [1.29, 1.82) is 0 Å². The van der Waals surface area contributed by atoms with Crippen molar-refractivity contribution in [1.82, 2.24) is 0 Å². The van der Waals surface area contributed by atoms with E-state index in [1.165, 1.54) is 12.8 Å². The monoisotopic (exact) mass is 467 g/mol. The molecule has 1 rings (SSSR count). The van der Waals surface area contributed by atoms with E-state index >= 15 is 0 Å². The summed E-state index contributed by atoms with van der Waals surface area (Å²) in [5.41, 5.74) is 11.3. The van der Waals surface area contributed by atoms with Crippen molar-refractivity contribution < 1.29 is 14.5 Å². The predicted molar refractivity (Wildman–Crippen MR) is 52.3 cm³/mol. The van der Waals surface area contributed by atoms with Crippen LogP contribution >= 0.6 is 26.6 Å². The first-order chi connectivity index (χ1) is 5.22. The summed E-state index contributed by atoms with van der Waals surface area (Å²) in [5.74, 6) is 0. The molecule has 0 aromatic heterocycles. The van der Waals surface area contributed by atoms with Crippen LogP contribution in [-0.2, 0) is 14.5 Å². The number of hydrogen-bond acceptors (Lipinski definition) is 2. The fourth-order valence-electron chi connectivity index (χ4n) is 1.19. The Morgan fingerprint density at radius 1 is 1.00 bits per heavy atom. The van der Waals surface area contributed by atoms with Crippen LogP contribution in [0.15, 0.2) is 0 Å². The molecule has 0 saturated heterocycles. The molecule has 0 radical (unpaired) electrons. The minimum atomic E-state index is 0.208. The third kappa shape index (κ3) is 6.70. The zero-order valence-electron chi connectivity index (χ0n) is 6.21. The summed E-state index contributed by atoms with van der Waals surface area (Å²) in [7, 11) is 0. The predicted octanol–water partition coefficient (Wildman–Crippen LogP) is 1.90. The van der Waals surface area contributed by atoms with Gasteiger partial charge in [0.05, 0.1) is 0 Å². The number of halogens is 2. The van der Waals surface area contributed by atoms with Crippen LogP contribution in [0.25, 0.3) is 0 Å². The molecule has 4 N–H and O–H groups in total. The molecular formula is C6H14Br2N2Pt. The van der Waals surface area contributed by atoms with E-state index in [-0.39, 0.29) is 26.5 Å². The van der Waals surface area contributed by atoms with Crippen molar-refractivity contribution in [3.8, 4) is 0 Å². The van der Waals surface area contributed by atoms with Gasteiger partial charge in [-0.05, 0) is 12.8 Å². The third-order valence-electron chi connectivity index (χ3n) is 1.87. The number of rotatable bonds is 0. The summed E-state index contributed by atoms with van der Waals surface area (Å²) >= 11 is 6.56. The molecule has 0 heterocycles. The van der Waals surface area contributed by atoms with E-state index in [0.29, 0.717) is 0 Å². The summed E-state index contributed by atoms with van der Waals surface area (Å²) in [6, 6.07) is 0.562. The normalized spacial score (nSPS) is 30.9. The Morgan fingerprint density at radius 2 is 1.27 bits per heavy atom. The first kappa shape index (κ1) is 12.6. The second-order valence-electron chi connectivity index (χ2n) is 2.66. The topological polar surface area (TPSA) is 52.0 Å². The molecule has 2 nitrogen and oxygen atoms in total. The Morgan fingerprint density at radius 3 is 1.45 bits per heavy atom. The van der Waals surface area contributed by atoms with Gasteiger partial charge >= 0.3 is 41.0 Å². The molecule has 5 heteroatoms. The second-order valence-corrected chi connectivity index (χ2v) is 12.6. The van der Waals surface area contributed by atoms with Gasteiger partial charge in [0.15, 0.2) is 0 Å². The fraction of sp³-hybridized carbons (Fsp3) is 1.00. The molecule has 1 aliphatic carbocycles. The van der Waals surface area contributed by atoms with E-state index in [1.807, 2.05) is 0 Å². The Hall–Kier alpha value is 1.57. The van der Waals surface area contributed by atoms with E-state index in [2.05, 4.69) is 26.6 Å². The van der Waals surface area contributed by atoms with Crippen LogP contribution in [0, 0.1) is 0 Å². The van der Waals surface area contributed by atoms with Crippen LogP contribution in [0.5, 0.6) is 0 Å². The van der Waals surface area contributed by atoms with Crippen molar-refractivity contribution in [3.63, 3.8) is 0 Å². The Kier molecular flexibility index (Phi) is 9.35. The van der Waals surface area contributed by atoms with E-state index in [4.69, 9.17) is 11.5 Å². The van der Waals surface area contributed by atoms with Crippen LogP contribution in [0.1, 0.15) is 25.7 Å². The van der Waals surface area contributed by atoms with Gasteiger partial charge in [-0.15, -0.1) is 0 Å². The van der Waals surface area contributed by atoms with Crippen LogP contribution in [0.4, 0.5) is 0 Å². The molecule has 1 saturated carbocycles. The second kappa shape index (κ2) is 8.18. The van der Waals surface area contributed by atoms with E-state index < -0.39 is 0 Å². The van der Waals surface area contributed by atoms with Crippen LogP contribution in [0.3, 0.4) is 0 Å². The minimum absolute atomic E-state index is 0.208. The average Bonchev–Trinajstić information content (AvgIpc) is 1.97. The molecule has 0 spiro atoms. The molecule has 0 aromatic rings. The van der Waals surface area contributed by atoms with Gasteiger partial charge in [0.25, 0.3) is 0 Å². The molecule has 2 atom stereocenters. The molecule has 2 unspecified atom stereocenters. The van der Waals surface area contributed by atoms with Gasteiger partial charge < -0.3 is 11.5 Å². The zero-order chi connectivity index (χ0) is 8.69. The molecule has 0 amide bonds. The maximum atomic E-state index is 5.65. The summed E-state index contributed by atoms with van der Waals surface area (Å²) in [4.78, 5) is 0. The van der Waals surface area contributed by atoms with Crippen LogP contribution < -0.4 is 11.5 Å². The Bertz CT molecular complexity index is 84.7. The van der Waals surface area contributed by atoms with Crippen molar-refractivity contribution >= 4 is 26.6 Å². The van der Waals surface area contributed by atoms with Gasteiger partial charge in [0.2, 0.25) is 0 Å². The van der Waals surface area contributed by atoms with Gasteiger partial charge in [-0.25, -0.2) is 0 Å². The molecular weight excluding hydrogens is 455 g/mol. The van der Waals surface area contributed by atoms with Gasteiger partial charge in [0.1, 0.15) is 0 Å². The van der Waals surface area contributed by atoms with Crippen molar-refractivity contribution in [2.75, 3.05) is 0 Å². The molecule has 11 heavy (non-hydrogen) atoms. The molecule has 1 aliphatic rings. The van der Waals surface area contributed by atoms with Crippen LogP contribution in [0.2, 0.25) is 0 Å². The van der Waals surface area contributed by atoms with Crippen molar-refractivity contribution in [2.24, 2.45) is 11.5 Å². The van der Waals surface area contributed by atoms with Crippen molar-refractivity contribution in [2.45, 2.75) is 37.8 Å². The van der Waals surface area contributed by atoms with Gasteiger partial charge in [0, 0.05) is 12.1 Å². The first-order valence-electron chi connectivity index (χ1n) is 3.56. The van der Waals surface area contributed by atoms with E-state index in [9.17, 15) is 0 Å². The maximum absolute atomic E-state index is 5.65. The Balaban J connectivity index is 0.000000292. The van der Waals surface area contributed by atoms with Gasteiger partial charge in [-0.3, -0.25) is 0 Å². The standard InChI is InChI=1S/C6H14N2.2BrH.Pt/c7-5-3-1-2-4-6(5)8;;;/h5-6H,1-4,7-8H2;2*1H;/q;;;+2/p-2. The number of nitrogens with two attached hydrogens (primary N) is 2. The fourth-order valence-corrected chi connectivity index (χ4v) is 1.19. The van der Waals surface area contributed by atoms with Crippen LogP contribution in [-0.4, -0.2) is 12.1 Å². The quantitative estimate of drug-likeness (QED) is 0.570.